The molecule has 0 radical (unpaired) electrons. The maximum Gasteiger partial charge on any atom is 0.202 e. The van der Waals surface area contributed by atoms with Crippen molar-refractivity contribution in [2.45, 2.75) is 6.61 Å². The Balaban J connectivity index is 2.17. The van der Waals surface area contributed by atoms with Crippen LogP contribution < -0.4 is 10.5 Å². The molecule has 0 aliphatic rings. The van der Waals surface area contributed by atoms with E-state index in [0.717, 1.165) is 17.6 Å². The molecule has 0 fully saturated rings. The Hall–Kier alpha value is -1.66. The van der Waals surface area contributed by atoms with Crippen molar-refractivity contribution in [3.8, 4) is 5.75 Å². The summed E-state index contributed by atoms with van der Waals surface area (Å²) in [5.74, 6) is 0.340. The summed E-state index contributed by atoms with van der Waals surface area (Å²) < 4.78 is 18.5. The first kappa shape index (κ1) is 12.8. The third-order valence-corrected chi connectivity index (χ3v) is 3.20. The normalized spacial score (nSPS) is 10.3. The number of thiazole rings is 1. The van der Waals surface area contributed by atoms with E-state index in [0.29, 0.717) is 22.0 Å². The molecule has 4 nitrogen and oxygen atoms in total. The molecule has 2 aromatic rings. The molecule has 0 aliphatic heterocycles. The van der Waals surface area contributed by atoms with Gasteiger partial charge < -0.3 is 15.9 Å². The highest BCUT2D eigenvalue weighted by atomic mass is 35.5. The first-order valence-electron chi connectivity index (χ1n) is 4.92. The highest BCUT2D eigenvalue weighted by Gasteiger charge is 2.10. The van der Waals surface area contributed by atoms with E-state index in [9.17, 15) is 4.39 Å². The summed E-state index contributed by atoms with van der Waals surface area (Å²) in [5, 5.41) is 7.07. The summed E-state index contributed by atoms with van der Waals surface area (Å²) in [7, 11) is 0. The highest BCUT2D eigenvalue weighted by molar-refractivity contribution is 7.08. The molecule has 0 bridgehead atoms. The number of benzene rings is 1. The first-order valence-corrected chi connectivity index (χ1v) is 6.17. The van der Waals surface area contributed by atoms with Crippen molar-refractivity contribution >= 4 is 34.8 Å². The van der Waals surface area contributed by atoms with Gasteiger partial charge in [0, 0.05) is 23.5 Å². The second-order valence-electron chi connectivity index (χ2n) is 3.42. The number of aromatic nitrogens is 1. The lowest BCUT2D eigenvalue weighted by Gasteiger charge is -2.09. The number of hydrogen-bond acceptors (Lipinski definition) is 5. The summed E-state index contributed by atoms with van der Waals surface area (Å²) in [4.78, 5) is 3.82. The topological polar surface area (TPSA) is 72.0 Å². The summed E-state index contributed by atoms with van der Waals surface area (Å²) in [6.45, 7) is -0.0154. The first-order chi connectivity index (χ1) is 8.61. The zero-order valence-corrected chi connectivity index (χ0v) is 10.7. The van der Waals surface area contributed by atoms with Gasteiger partial charge in [-0.3, -0.25) is 0 Å². The number of nitrogens with zero attached hydrogens (tertiary/aromatic N) is 1. The number of rotatable bonds is 4. The lowest BCUT2D eigenvalue weighted by atomic mass is 10.2. The van der Waals surface area contributed by atoms with Gasteiger partial charge in [0.05, 0.1) is 10.5 Å². The van der Waals surface area contributed by atoms with Crippen LogP contribution in [0.4, 0.5) is 10.1 Å². The zero-order chi connectivity index (χ0) is 13.1. The maximum atomic E-state index is 13.1. The van der Waals surface area contributed by atoms with Crippen LogP contribution in [0.3, 0.4) is 0 Å². The maximum absolute atomic E-state index is 13.1. The van der Waals surface area contributed by atoms with E-state index in [2.05, 4.69) is 4.98 Å². The molecule has 2 rings (SSSR count). The molecule has 0 spiro atoms. The lowest BCUT2D eigenvalue weighted by Crippen LogP contribution is -2.00. The van der Waals surface area contributed by atoms with Gasteiger partial charge in [-0.05, 0) is 6.07 Å². The number of halogens is 2. The number of ether oxygens (including phenoxy) is 1. The Labute approximate surface area is 112 Å². The van der Waals surface area contributed by atoms with E-state index < -0.39 is 0 Å². The van der Waals surface area contributed by atoms with E-state index in [1.54, 1.807) is 0 Å². The number of anilines is 1. The van der Waals surface area contributed by atoms with E-state index in [-0.39, 0.29) is 17.4 Å². The number of nitrogens with one attached hydrogen (secondary N) is 1. The molecule has 1 heterocycles. The molecule has 0 aliphatic carbocycles. The molecule has 18 heavy (non-hydrogen) atoms. The molecule has 0 amide bonds. The van der Waals surface area contributed by atoms with Crippen molar-refractivity contribution in [2.75, 3.05) is 5.73 Å². The number of nitrogen functional groups attached to an aromatic ring is 1. The van der Waals surface area contributed by atoms with E-state index in [4.69, 9.17) is 27.5 Å². The molecular weight excluding hydrogens is 277 g/mol. The van der Waals surface area contributed by atoms with Crippen molar-refractivity contribution in [3.05, 3.63) is 39.1 Å². The van der Waals surface area contributed by atoms with Crippen LogP contribution >= 0.6 is 22.9 Å². The van der Waals surface area contributed by atoms with Crippen LogP contribution in [0.25, 0.3) is 0 Å². The van der Waals surface area contributed by atoms with Gasteiger partial charge in [-0.2, -0.15) is 4.39 Å². The summed E-state index contributed by atoms with van der Waals surface area (Å²) >= 11 is 6.87. The molecule has 1 aromatic heterocycles. The Morgan fingerprint density at radius 1 is 1.56 bits per heavy atom. The van der Waals surface area contributed by atoms with Crippen LogP contribution in [-0.4, -0.2) is 11.2 Å². The SMILES string of the molecule is N=Cc1cc(Cl)c(OCc2ncsc2F)cc1N. The Bertz CT molecular complexity index is 588. The summed E-state index contributed by atoms with van der Waals surface area (Å²) in [6, 6.07) is 3.03. The quantitative estimate of drug-likeness (QED) is 0.670. The minimum absolute atomic E-state index is 0.0154. The highest BCUT2D eigenvalue weighted by Crippen LogP contribution is 2.30. The predicted octanol–water partition coefficient (Wildman–Crippen LogP) is 3.09. The largest absolute Gasteiger partial charge is 0.486 e. The van der Waals surface area contributed by atoms with Crippen LogP contribution in [0.1, 0.15) is 11.3 Å². The van der Waals surface area contributed by atoms with Gasteiger partial charge in [-0.1, -0.05) is 22.9 Å². The Kier molecular flexibility index (Phi) is 3.78. The third kappa shape index (κ3) is 2.60. The number of hydrogen-bond donors (Lipinski definition) is 2. The minimum atomic E-state index is -0.379. The second kappa shape index (κ2) is 5.32. The van der Waals surface area contributed by atoms with Crippen molar-refractivity contribution in [1.29, 1.82) is 5.41 Å². The van der Waals surface area contributed by atoms with Crippen LogP contribution in [0.15, 0.2) is 17.6 Å². The van der Waals surface area contributed by atoms with Gasteiger partial charge in [0.25, 0.3) is 0 Å². The molecule has 0 saturated heterocycles. The average molecular weight is 286 g/mol. The molecule has 94 valence electrons. The number of nitrogens with two attached hydrogens (primary N) is 1. The third-order valence-electron chi connectivity index (χ3n) is 2.25. The van der Waals surface area contributed by atoms with Gasteiger partial charge in [-0.15, -0.1) is 0 Å². The lowest BCUT2D eigenvalue weighted by molar-refractivity contribution is 0.296. The molecule has 1 aromatic carbocycles. The fraction of sp³-hybridized carbons (Fsp3) is 0.0909. The fourth-order valence-corrected chi connectivity index (χ4v) is 2.06. The predicted molar refractivity (Wildman–Crippen MR) is 70.2 cm³/mol. The molecule has 0 unspecified atom stereocenters. The molecule has 3 N–H and O–H groups in total. The van der Waals surface area contributed by atoms with Gasteiger partial charge >= 0.3 is 0 Å². The van der Waals surface area contributed by atoms with Crippen molar-refractivity contribution < 1.29 is 9.13 Å². The molecule has 0 saturated carbocycles. The van der Waals surface area contributed by atoms with E-state index in [1.807, 2.05) is 0 Å². The van der Waals surface area contributed by atoms with Crippen LogP contribution in [0.2, 0.25) is 5.02 Å². The van der Waals surface area contributed by atoms with Crippen molar-refractivity contribution in [3.63, 3.8) is 0 Å². The Morgan fingerprint density at radius 2 is 2.33 bits per heavy atom. The van der Waals surface area contributed by atoms with Crippen molar-refractivity contribution in [2.24, 2.45) is 0 Å². The zero-order valence-electron chi connectivity index (χ0n) is 9.11. The molecule has 7 heteroatoms. The molecular formula is C11H9ClFN3OS. The molecule has 0 atom stereocenters. The van der Waals surface area contributed by atoms with Gasteiger partial charge in [0.2, 0.25) is 5.13 Å². The summed E-state index contributed by atoms with van der Waals surface area (Å²) in [6.07, 6.45) is 1.10. The minimum Gasteiger partial charge on any atom is -0.486 e. The monoisotopic (exact) mass is 285 g/mol. The summed E-state index contributed by atoms with van der Waals surface area (Å²) in [5.41, 5.74) is 8.22. The average Bonchev–Trinajstić information content (AvgIpc) is 2.75. The second-order valence-corrected chi connectivity index (χ2v) is 4.63. The smallest absolute Gasteiger partial charge is 0.202 e. The van der Waals surface area contributed by atoms with Gasteiger partial charge in [0.15, 0.2) is 0 Å². The van der Waals surface area contributed by atoms with Crippen LogP contribution in [0, 0.1) is 10.5 Å². The Morgan fingerprint density at radius 3 is 2.94 bits per heavy atom. The fourth-order valence-electron chi connectivity index (χ4n) is 1.32. The van der Waals surface area contributed by atoms with Gasteiger partial charge in [0.1, 0.15) is 18.1 Å². The van der Waals surface area contributed by atoms with E-state index in [1.165, 1.54) is 17.6 Å². The van der Waals surface area contributed by atoms with Crippen LogP contribution in [0.5, 0.6) is 5.75 Å². The van der Waals surface area contributed by atoms with Crippen LogP contribution in [-0.2, 0) is 6.61 Å². The van der Waals surface area contributed by atoms with Crippen molar-refractivity contribution in [1.82, 2.24) is 4.98 Å². The van der Waals surface area contributed by atoms with Gasteiger partial charge in [-0.25, -0.2) is 4.98 Å². The standard InChI is InChI=1S/C11H9ClFN3OS/c12-7-1-6(3-14)8(15)2-10(7)17-4-9-11(13)18-5-16-9/h1-3,5,14H,4,15H2. The van der Waals surface area contributed by atoms with E-state index >= 15 is 0 Å².